The zero-order valence-electron chi connectivity index (χ0n) is 13.8. The van der Waals surface area contributed by atoms with E-state index < -0.39 is 0 Å². The predicted octanol–water partition coefficient (Wildman–Crippen LogP) is 2.35. The molecule has 2 N–H and O–H groups in total. The van der Waals surface area contributed by atoms with E-state index in [0.717, 1.165) is 18.4 Å². The van der Waals surface area contributed by atoms with Crippen LogP contribution in [0.4, 0.5) is 4.79 Å². The van der Waals surface area contributed by atoms with Crippen LogP contribution in [0.1, 0.15) is 25.3 Å². The molecule has 0 bridgehead atoms. The summed E-state index contributed by atoms with van der Waals surface area (Å²) in [6.45, 7) is 3.33. The lowest BCUT2D eigenvalue weighted by atomic mass is 10.1. The summed E-state index contributed by atoms with van der Waals surface area (Å²) in [7, 11) is 4.74. The van der Waals surface area contributed by atoms with Gasteiger partial charge in [0.2, 0.25) is 5.75 Å². The van der Waals surface area contributed by atoms with Crippen molar-refractivity contribution < 1.29 is 19.0 Å². The largest absolute Gasteiger partial charge is 0.493 e. The fourth-order valence-corrected chi connectivity index (χ4v) is 2.04. The number of benzene rings is 1. The van der Waals surface area contributed by atoms with Gasteiger partial charge in [-0.25, -0.2) is 4.79 Å². The number of carbonyl (C=O) groups excluding carboxylic acids is 1. The molecule has 0 atom stereocenters. The molecule has 6 heteroatoms. The minimum Gasteiger partial charge on any atom is -0.493 e. The summed E-state index contributed by atoms with van der Waals surface area (Å²) in [5.74, 6) is 1.80. The van der Waals surface area contributed by atoms with Crippen LogP contribution in [0.15, 0.2) is 12.1 Å². The van der Waals surface area contributed by atoms with Crippen molar-refractivity contribution in [3.05, 3.63) is 17.7 Å². The van der Waals surface area contributed by atoms with E-state index in [9.17, 15) is 4.79 Å². The lowest BCUT2D eigenvalue weighted by molar-refractivity contribution is 0.241. The van der Waals surface area contributed by atoms with Crippen molar-refractivity contribution in [2.24, 2.45) is 0 Å². The Bertz CT molecular complexity index is 452. The monoisotopic (exact) mass is 310 g/mol. The number of unbranched alkanes of at least 4 members (excludes halogenated alkanes) is 1. The van der Waals surface area contributed by atoms with Crippen LogP contribution >= 0.6 is 0 Å². The zero-order valence-corrected chi connectivity index (χ0v) is 13.8. The Morgan fingerprint density at radius 1 is 1.00 bits per heavy atom. The first kappa shape index (κ1) is 17.9. The topological polar surface area (TPSA) is 68.8 Å². The molecule has 1 rings (SSSR count). The second-order valence-corrected chi connectivity index (χ2v) is 4.82. The number of methoxy groups -OCH3 is 3. The van der Waals surface area contributed by atoms with Crippen LogP contribution in [0.25, 0.3) is 0 Å². The Balaban J connectivity index is 2.57. The van der Waals surface area contributed by atoms with E-state index in [1.165, 1.54) is 0 Å². The molecule has 0 fully saturated rings. The second-order valence-electron chi connectivity index (χ2n) is 4.82. The Kier molecular flexibility index (Phi) is 7.96. The van der Waals surface area contributed by atoms with Gasteiger partial charge in [0.05, 0.1) is 21.3 Å². The summed E-state index contributed by atoms with van der Waals surface area (Å²) >= 11 is 0. The summed E-state index contributed by atoms with van der Waals surface area (Å²) in [6, 6.07) is 3.64. The normalized spacial score (nSPS) is 10.0. The smallest absolute Gasteiger partial charge is 0.314 e. The Morgan fingerprint density at radius 3 is 2.09 bits per heavy atom. The molecule has 1 aromatic carbocycles. The number of amides is 2. The van der Waals surface area contributed by atoms with Gasteiger partial charge in [0.1, 0.15) is 0 Å². The summed E-state index contributed by atoms with van der Waals surface area (Å²) in [5.41, 5.74) is 1.00. The third-order valence-electron chi connectivity index (χ3n) is 3.24. The molecule has 22 heavy (non-hydrogen) atoms. The van der Waals surface area contributed by atoms with Crippen molar-refractivity contribution in [3.8, 4) is 17.2 Å². The van der Waals surface area contributed by atoms with Gasteiger partial charge < -0.3 is 24.8 Å². The molecule has 6 nitrogen and oxygen atoms in total. The van der Waals surface area contributed by atoms with Crippen molar-refractivity contribution >= 4 is 6.03 Å². The Labute approximate surface area is 132 Å². The molecule has 0 aliphatic rings. The summed E-state index contributed by atoms with van der Waals surface area (Å²) in [4.78, 5) is 11.6. The number of hydrogen-bond donors (Lipinski definition) is 2. The predicted molar refractivity (Wildman–Crippen MR) is 86.1 cm³/mol. The number of urea groups is 1. The molecule has 0 saturated carbocycles. The van der Waals surface area contributed by atoms with Gasteiger partial charge in [-0.3, -0.25) is 0 Å². The van der Waals surface area contributed by atoms with Gasteiger partial charge >= 0.3 is 6.03 Å². The van der Waals surface area contributed by atoms with E-state index in [4.69, 9.17) is 14.2 Å². The fourth-order valence-electron chi connectivity index (χ4n) is 2.04. The molecular weight excluding hydrogens is 284 g/mol. The maximum Gasteiger partial charge on any atom is 0.314 e. The SMILES string of the molecule is CCCCNC(=O)NCCc1cc(OC)c(OC)c(OC)c1. The number of nitrogens with one attached hydrogen (secondary N) is 2. The number of hydrogen-bond acceptors (Lipinski definition) is 4. The highest BCUT2D eigenvalue weighted by Gasteiger charge is 2.13. The van der Waals surface area contributed by atoms with Crippen molar-refractivity contribution in [1.29, 1.82) is 0 Å². The number of ether oxygens (including phenoxy) is 3. The molecule has 124 valence electrons. The van der Waals surface area contributed by atoms with Crippen molar-refractivity contribution in [1.82, 2.24) is 10.6 Å². The molecule has 0 aliphatic carbocycles. The molecule has 1 aromatic rings. The first-order valence-corrected chi connectivity index (χ1v) is 7.46. The number of carbonyl (C=O) groups is 1. The lowest BCUT2D eigenvalue weighted by Crippen LogP contribution is -2.37. The molecule has 0 aromatic heterocycles. The van der Waals surface area contributed by atoms with Crippen LogP contribution in [0.3, 0.4) is 0 Å². The summed E-state index contributed by atoms with van der Waals surface area (Å²) in [6.07, 6.45) is 2.73. The van der Waals surface area contributed by atoms with Gasteiger partial charge in [0.25, 0.3) is 0 Å². The first-order chi connectivity index (χ1) is 10.7. The average Bonchev–Trinajstić information content (AvgIpc) is 2.54. The van der Waals surface area contributed by atoms with Gasteiger partial charge in [0, 0.05) is 13.1 Å². The summed E-state index contributed by atoms with van der Waals surface area (Å²) < 4.78 is 15.9. The maximum atomic E-state index is 11.6. The molecular formula is C16H26N2O4. The van der Waals surface area contributed by atoms with Crippen molar-refractivity contribution in [3.63, 3.8) is 0 Å². The Hall–Kier alpha value is -2.11. The standard InChI is InChI=1S/C16H26N2O4/c1-5-6-8-17-16(19)18-9-7-12-10-13(20-2)15(22-4)14(11-12)21-3/h10-11H,5-9H2,1-4H3,(H2,17,18,19). The highest BCUT2D eigenvalue weighted by atomic mass is 16.5. The molecule has 2 amide bonds. The van der Waals surface area contributed by atoms with Crippen LogP contribution in [0.2, 0.25) is 0 Å². The van der Waals surface area contributed by atoms with Crippen LogP contribution in [-0.4, -0.2) is 40.5 Å². The van der Waals surface area contributed by atoms with E-state index in [2.05, 4.69) is 17.6 Å². The minimum atomic E-state index is -0.138. The fraction of sp³-hybridized carbons (Fsp3) is 0.562. The first-order valence-electron chi connectivity index (χ1n) is 7.46. The van der Waals surface area contributed by atoms with E-state index in [1.807, 2.05) is 12.1 Å². The van der Waals surface area contributed by atoms with Crippen LogP contribution in [0.5, 0.6) is 17.2 Å². The van der Waals surface area contributed by atoms with Gasteiger partial charge in [-0.1, -0.05) is 13.3 Å². The maximum absolute atomic E-state index is 11.6. The van der Waals surface area contributed by atoms with E-state index in [-0.39, 0.29) is 6.03 Å². The quantitative estimate of drug-likeness (QED) is 0.687. The average molecular weight is 310 g/mol. The molecule has 0 spiro atoms. The van der Waals surface area contributed by atoms with E-state index in [1.54, 1.807) is 21.3 Å². The van der Waals surface area contributed by atoms with Crippen LogP contribution < -0.4 is 24.8 Å². The third kappa shape index (κ3) is 5.35. The van der Waals surface area contributed by atoms with E-state index >= 15 is 0 Å². The van der Waals surface area contributed by atoms with Gasteiger partial charge in [-0.05, 0) is 30.5 Å². The highest BCUT2D eigenvalue weighted by Crippen LogP contribution is 2.38. The van der Waals surface area contributed by atoms with Gasteiger partial charge in [0.15, 0.2) is 11.5 Å². The van der Waals surface area contributed by atoms with Crippen LogP contribution in [-0.2, 0) is 6.42 Å². The zero-order chi connectivity index (χ0) is 16.4. The highest BCUT2D eigenvalue weighted by molar-refractivity contribution is 5.73. The number of rotatable bonds is 9. The summed E-state index contributed by atoms with van der Waals surface area (Å²) in [5, 5.41) is 5.64. The molecule has 0 saturated heterocycles. The molecule has 0 radical (unpaired) electrons. The van der Waals surface area contributed by atoms with Crippen molar-refractivity contribution in [2.45, 2.75) is 26.2 Å². The molecule has 0 heterocycles. The van der Waals surface area contributed by atoms with Gasteiger partial charge in [-0.15, -0.1) is 0 Å². The van der Waals surface area contributed by atoms with Gasteiger partial charge in [-0.2, -0.15) is 0 Å². The second kappa shape index (κ2) is 9.76. The Morgan fingerprint density at radius 2 is 1.59 bits per heavy atom. The molecule has 0 unspecified atom stereocenters. The third-order valence-corrected chi connectivity index (χ3v) is 3.24. The lowest BCUT2D eigenvalue weighted by Gasteiger charge is -2.14. The van der Waals surface area contributed by atoms with E-state index in [0.29, 0.717) is 36.8 Å². The van der Waals surface area contributed by atoms with Crippen LogP contribution in [0, 0.1) is 0 Å². The minimum absolute atomic E-state index is 0.138. The molecule has 0 aliphatic heterocycles. The van der Waals surface area contributed by atoms with Crippen molar-refractivity contribution in [2.75, 3.05) is 34.4 Å².